The Bertz CT molecular complexity index is 147. The van der Waals surface area contributed by atoms with Crippen molar-refractivity contribution in [2.75, 3.05) is 20.8 Å². The molecule has 0 radical (unpaired) electrons. The largest absolute Gasteiger partial charge is 0.385 e. The predicted molar refractivity (Wildman–Crippen MR) is 67.3 cm³/mol. The predicted octanol–water partition coefficient (Wildman–Crippen LogP) is 3.17. The molecule has 1 fully saturated rings. The molecule has 0 aliphatic carbocycles. The summed E-state index contributed by atoms with van der Waals surface area (Å²) in [7, 11) is 4.05. The summed E-state index contributed by atoms with van der Waals surface area (Å²) in [6.07, 6.45) is 3.90. The van der Waals surface area contributed by atoms with E-state index in [2.05, 4.69) is 25.8 Å². The Morgan fingerprint density at radius 2 is 1.87 bits per heavy atom. The van der Waals surface area contributed by atoms with Crippen LogP contribution in [0.2, 0.25) is 0 Å². The minimum absolute atomic E-state index is 0.757. The van der Waals surface area contributed by atoms with Gasteiger partial charge in [-0.05, 0) is 32.2 Å². The molecule has 1 aliphatic heterocycles. The van der Waals surface area contributed by atoms with Gasteiger partial charge in [0.2, 0.25) is 0 Å². The van der Waals surface area contributed by atoms with Gasteiger partial charge in [-0.3, -0.25) is 0 Å². The van der Waals surface area contributed by atoms with Gasteiger partial charge in [0.1, 0.15) is 0 Å². The van der Waals surface area contributed by atoms with Crippen molar-refractivity contribution in [3.05, 3.63) is 0 Å². The second-order valence-electron chi connectivity index (χ2n) is 4.49. The van der Waals surface area contributed by atoms with Gasteiger partial charge in [-0.2, -0.15) is 0 Å². The molecule has 2 nitrogen and oxygen atoms in total. The first-order valence-corrected chi connectivity index (χ1v) is 6.37. The van der Waals surface area contributed by atoms with Crippen molar-refractivity contribution in [1.29, 1.82) is 0 Å². The molecule has 0 amide bonds. The molecule has 15 heavy (non-hydrogen) atoms. The topological polar surface area (TPSA) is 12.5 Å². The van der Waals surface area contributed by atoms with E-state index in [1.165, 1.54) is 19.3 Å². The maximum Gasteiger partial charge on any atom is 0.0477 e. The van der Waals surface area contributed by atoms with Crippen molar-refractivity contribution < 1.29 is 4.74 Å². The molecule has 1 rings (SSSR count). The Morgan fingerprint density at radius 3 is 2.27 bits per heavy atom. The van der Waals surface area contributed by atoms with Crippen molar-refractivity contribution in [3.63, 3.8) is 0 Å². The van der Waals surface area contributed by atoms with Gasteiger partial charge in [0.15, 0.2) is 0 Å². The van der Waals surface area contributed by atoms with Crippen LogP contribution in [0.25, 0.3) is 0 Å². The molecular weight excluding hydrogens is 186 g/mol. The quantitative estimate of drug-likeness (QED) is 0.714. The molecule has 2 heteroatoms. The summed E-state index contributed by atoms with van der Waals surface area (Å²) in [4.78, 5) is 2.55. The first-order valence-electron chi connectivity index (χ1n) is 6.37. The summed E-state index contributed by atoms with van der Waals surface area (Å²) in [5, 5.41) is 0. The normalized spacial score (nSPS) is 26.6. The smallest absolute Gasteiger partial charge is 0.0477 e. The molecule has 0 unspecified atom stereocenters. The van der Waals surface area contributed by atoms with Crippen molar-refractivity contribution in [1.82, 2.24) is 4.90 Å². The second-order valence-corrected chi connectivity index (χ2v) is 4.49. The second kappa shape index (κ2) is 8.12. The Kier molecular flexibility index (Phi) is 8.07. The Labute approximate surface area is 96.0 Å². The zero-order valence-electron chi connectivity index (χ0n) is 11.4. The van der Waals surface area contributed by atoms with E-state index in [-0.39, 0.29) is 0 Å². The highest BCUT2D eigenvalue weighted by atomic mass is 16.5. The summed E-state index contributed by atoms with van der Waals surface area (Å²) in [5.74, 6) is 0.789. The molecule has 2 atom stereocenters. The van der Waals surface area contributed by atoms with Gasteiger partial charge in [0, 0.05) is 25.8 Å². The number of ether oxygens (including phenoxy) is 1. The average Bonchev–Trinajstić information content (AvgIpc) is 2.60. The molecule has 1 aliphatic rings. The lowest BCUT2D eigenvalue weighted by Gasteiger charge is -2.28. The third kappa shape index (κ3) is 4.52. The molecule has 0 saturated carbocycles. The standard InChI is InChI=1S/C11H23NO.C2H6/c1-9(2)11-6-5-10(12(11)3)7-8-13-4;1-2/h9-11H,5-8H2,1-4H3;1-2H3/t10-,11-;/m1./s1. The molecule has 0 N–H and O–H groups in total. The van der Waals surface area contributed by atoms with Crippen molar-refractivity contribution >= 4 is 0 Å². The first-order chi connectivity index (χ1) is 7.16. The van der Waals surface area contributed by atoms with Gasteiger partial charge in [-0.25, -0.2) is 0 Å². The molecule has 1 saturated heterocycles. The maximum absolute atomic E-state index is 5.12. The highest BCUT2D eigenvalue weighted by Gasteiger charge is 2.31. The third-order valence-electron chi connectivity index (χ3n) is 3.32. The summed E-state index contributed by atoms with van der Waals surface area (Å²) in [5.41, 5.74) is 0. The number of rotatable bonds is 4. The fourth-order valence-corrected chi connectivity index (χ4v) is 2.45. The lowest BCUT2D eigenvalue weighted by Crippen LogP contribution is -2.35. The van der Waals surface area contributed by atoms with Crippen LogP contribution in [0, 0.1) is 5.92 Å². The van der Waals surface area contributed by atoms with Crippen LogP contribution < -0.4 is 0 Å². The molecule has 0 spiro atoms. The third-order valence-corrected chi connectivity index (χ3v) is 3.32. The molecule has 0 bridgehead atoms. The van der Waals surface area contributed by atoms with Crippen molar-refractivity contribution in [2.45, 2.75) is 59.0 Å². The molecule has 0 aromatic rings. The zero-order valence-corrected chi connectivity index (χ0v) is 11.4. The number of likely N-dealkylation sites (tertiary alicyclic amines) is 1. The number of hydrogen-bond acceptors (Lipinski definition) is 2. The van der Waals surface area contributed by atoms with Crippen LogP contribution in [0.4, 0.5) is 0 Å². The summed E-state index contributed by atoms with van der Waals surface area (Å²) < 4.78 is 5.12. The van der Waals surface area contributed by atoms with E-state index >= 15 is 0 Å². The van der Waals surface area contributed by atoms with E-state index in [1.54, 1.807) is 7.11 Å². The maximum atomic E-state index is 5.12. The van der Waals surface area contributed by atoms with Gasteiger partial charge in [0.25, 0.3) is 0 Å². The fourth-order valence-electron chi connectivity index (χ4n) is 2.45. The van der Waals surface area contributed by atoms with Gasteiger partial charge >= 0.3 is 0 Å². The lowest BCUT2D eigenvalue weighted by atomic mass is 10.0. The van der Waals surface area contributed by atoms with E-state index in [0.29, 0.717) is 0 Å². The summed E-state index contributed by atoms with van der Waals surface area (Å²) in [6.45, 7) is 9.54. The monoisotopic (exact) mass is 215 g/mol. The van der Waals surface area contributed by atoms with E-state index in [1.807, 2.05) is 13.8 Å². The number of nitrogens with zero attached hydrogens (tertiary/aromatic N) is 1. The van der Waals surface area contributed by atoms with Crippen LogP contribution in [0.15, 0.2) is 0 Å². The van der Waals surface area contributed by atoms with Crippen molar-refractivity contribution in [3.8, 4) is 0 Å². The van der Waals surface area contributed by atoms with Gasteiger partial charge < -0.3 is 9.64 Å². The van der Waals surface area contributed by atoms with Crippen LogP contribution >= 0.6 is 0 Å². The Balaban J connectivity index is 0.000000921. The van der Waals surface area contributed by atoms with Crippen LogP contribution in [-0.2, 0) is 4.74 Å². The van der Waals surface area contributed by atoms with Gasteiger partial charge in [-0.15, -0.1) is 0 Å². The number of hydrogen-bond donors (Lipinski definition) is 0. The Morgan fingerprint density at radius 1 is 1.27 bits per heavy atom. The zero-order chi connectivity index (χ0) is 11.8. The molecular formula is C13H29NO. The van der Waals surface area contributed by atoms with Crippen LogP contribution in [0.5, 0.6) is 0 Å². The van der Waals surface area contributed by atoms with E-state index < -0.39 is 0 Å². The van der Waals surface area contributed by atoms with Crippen molar-refractivity contribution in [2.24, 2.45) is 5.92 Å². The number of methoxy groups -OCH3 is 1. The lowest BCUT2D eigenvalue weighted by molar-refractivity contribution is 0.140. The molecule has 0 aromatic heterocycles. The van der Waals surface area contributed by atoms with Crippen LogP contribution in [0.3, 0.4) is 0 Å². The van der Waals surface area contributed by atoms with Gasteiger partial charge in [0.05, 0.1) is 0 Å². The Hall–Kier alpha value is -0.0800. The SMILES string of the molecule is CC.COCC[C@H]1CC[C@H](C(C)C)N1C. The minimum atomic E-state index is 0.757. The van der Waals surface area contributed by atoms with E-state index in [9.17, 15) is 0 Å². The molecule has 92 valence electrons. The van der Waals surface area contributed by atoms with Crippen LogP contribution in [0.1, 0.15) is 47.0 Å². The van der Waals surface area contributed by atoms with Gasteiger partial charge in [-0.1, -0.05) is 27.7 Å². The highest BCUT2D eigenvalue weighted by molar-refractivity contribution is 4.86. The van der Waals surface area contributed by atoms with E-state index in [0.717, 1.165) is 24.6 Å². The van der Waals surface area contributed by atoms with Crippen LogP contribution in [-0.4, -0.2) is 37.7 Å². The summed E-state index contributed by atoms with van der Waals surface area (Å²) >= 11 is 0. The fraction of sp³-hybridized carbons (Fsp3) is 1.00. The first kappa shape index (κ1) is 14.9. The highest BCUT2D eigenvalue weighted by Crippen LogP contribution is 2.28. The molecule has 1 heterocycles. The van der Waals surface area contributed by atoms with E-state index in [4.69, 9.17) is 4.74 Å². The molecule has 0 aromatic carbocycles. The summed E-state index contributed by atoms with van der Waals surface area (Å²) in [6, 6.07) is 1.55. The average molecular weight is 215 g/mol. The minimum Gasteiger partial charge on any atom is -0.385 e.